The molecule has 0 aromatic heterocycles. The van der Waals surface area contributed by atoms with Crippen molar-refractivity contribution in [1.29, 1.82) is 0 Å². The first-order chi connectivity index (χ1) is 6.21. The Bertz CT molecular complexity index is 241. The maximum atomic E-state index is 3.77. The first-order valence-corrected chi connectivity index (χ1v) is 5.17. The summed E-state index contributed by atoms with van der Waals surface area (Å²) < 4.78 is 0. The van der Waals surface area contributed by atoms with E-state index in [1.807, 2.05) is 6.08 Å². The minimum absolute atomic E-state index is 0.473. The lowest BCUT2D eigenvalue weighted by atomic mass is 9.89. The standard InChI is InChI=1S/C13H20/c1-5-8-12(9-6-2)13(7-3)10-11(13)4/h5-6,8-9,11H,1,7,10H2,2-4H3/b9-6-,12-8+. The van der Waals surface area contributed by atoms with Crippen molar-refractivity contribution in [3.63, 3.8) is 0 Å². The Balaban J connectivity index is 2.88. The van der Waals surface area contributed by atoms with E-state index in [1.165, 1.54) is 18.4 Å². The molecule has 0 radical (unpaired) electrons. The molecule has 0 bridgehead atoms. The van der Waals surface area contributed by atoms with Crippen molar-refractivity contribution in [2.45, 2.75) is 33.6 Å². The van der Waals surface area contributed by atoms with Gasteiger partial charge in [0.2, 0.25) is 0 Å². The summed E-state index contributed by atoms with van der Waals surface area (Å²) >= 11 is 0. The van der Waals surface area contributed by atoms with Crippen molar-refractivity contribution in [2.24, 2.45) is 11.3 Å². The molecular formula is C13H20. The molecule has 0 aromatic rings. The van der Waals surface area contributed by atoms with Gasteiger partial charge in [-0.15, -0.1) is 0 Å². The highest BCUT2D eigenvalue weighted by molar-refractivity contribution is 5.35. The molecule has 0 heteroatoms. The number of hydrogen-bond acceptors (Lipinski definition) is 0. The fraction of sp³-hybridized carbons (Fsp3) is 0.538. The summed E-state index contributed by atoms with van der Waals surface area (Å²) in [6, 6.07) is 0. The van der Waals surface area contributed by atoms with Crippen molar-refractivity contribution in [2.75, 3.05) is 0 Å². The molecule has 1 rings (SSSR count). The van der Waals surface area contributed by atoms with Crippen molar-refractivity contribution in [1.82, 2.24) is 0 Å². The third-order valence-electron chi connectivity index (χ3n) is 3.30. The molecule has 0 spiro atoms. The second-order valence-corrected chi connectivity index (χ2v) is 3.97. The van der Waals surface area contributed by atoms with Crippen LogP contribution in [-0.2, 0) is 0 Å². The molecule has 1 aliphatic rings. The quantitative estimate of drug-likeness (QED) is 0.565. The average Bonchev–Trinajstić information content (AvgIpc) is 2.78. The van der Waals surface area contributed by atoms with Crippen LogP contribution in [0.1, 0.15) is 33.6 Å². The van der Waals surface area contributed by atoms with Crippen molar-refractivity contribution in [3.8, 4) is 0 Å². The molecule has 2 atom stereocenters. The number of rotatable bonds is 4. The zero-order chi connectivity index (χ0) is 9.90. The van der Waals surface area contributed by atoms with E-state index in [9.17, 15) is 0 Å². The lowest BCUT2D eigenvalue weighted by Gasteiger charge is -2.15. The highest BCUT2D eigenvalue weighted by Crippen LogP contribution is 2.60. The maximum absolute atomic E-state index is 3.77. The Morgan fingerprint density at radius 1 is 1.62 bits per heavy atom. The van der Waals surface area contributed by atoms with Gasteiger partial charge < -0.3 is 0 Å². The summed E-state index contributed by atoms with van der Waals surface area (Å²) in [5.41, 5.74) is 1.93. The molecule has 0 aromatic carbocycles. The molecule has 72 valence electrons. The highest BCUT2D eigenvalue weighted by atomic mass is 14.5. The summed E-state index contributed by atoms with van der Waals surface area (Å²) in [7, 11) is 0. The van der Waals surface area contributed by atoms with Gasteiger partial charge in [0.1, 0.15) is 0 Å². The van der Waals surface area contributed by atoms with Gasteiger partial charge in [-0.3, -0.25) is 0 Å². The predicted molar refractivity (Wildman–Crippen MR) is 59.6 cm³/mol. The van der Waals surface area contributed by atoms with Gasteiger partial charge in [-0.2, -0.15) is 0 Å². The number of allylic oxidation sites excluding steroid dienone is 5. The van der Waals surface area contributed by atoms with Crippen molar-refractivity contribution in [3.05, 3.63) is 36.5 Å². The Morgan fingerprint density at radius 2 is 2.23 bits per heavy atom. The predicted octanol–water partition coefficient (Wildman–Crippen LogP) is 4.11. The summed E-state index contributed by atoms with van der Waals surface area (Å²) in [5.74, 6) is 0.847. The van der Waals surface area contributed by atoms with Gasteiger partial charge in [-0.05, 0) is 36.7 Å². The van der Waals surface area contributed by atoms with Gasteiger partial charge >= 0.3 is 0 Å². The van der Waals surface area contributed by atoms with E-state index in [-0.39, 0.29) is 0 Å². The van der Waals surface area contributed by atoms with E-state index in [1.54, 1.807) is 0 Å². The summed E-state index contributed by atoms with van der Waals surface area (Å²) in [5, 5.41) is 0. The molecule has 2 unspecified atom stereocenters. The third-order valence-corrected chi connectivity index (χ3v) is 3.30. The molecular weight excluding hydrogens is 156 g/mol. The Kier molecular flexibility index (Phi) is 3.13. The van der Waals surface area contributed by atoms with Crippen LogP contribution in [0.15, 0.2) is 36.5 Å². The van der Waals surface area contributed by atoms with Crippen molar-refractivity contribution >= 4 is 0 Å². The van der Waals surface area contributed by atoms with E-state index >= 15 is 0 Å². The molecule has 0 nitrogen and oxygen atoms in total. The van der Waals surface area contributed by atoms with Crippen LogP contribution >= 0.6 is 0 Å². The Labute approximate surface area is 82.0 Å². The summed E-state index contributed by atoms with van der Waals surface area (Å²) in [4.78, 5) is 0. The van der Waals surface area contributed by atoms with E-state index < -0.39 is 0 Å². The van der Waals surface area contributed by atoms with Crippen molar-refractivity contribution < 1.29 is 0 Å². The normalized spacial score (nSPS) is 33.8. The smallest absolute Gasteiger partial charge is 0.00209 e. The summed E-state index contributed by atoms with van der Waals surface area (Å²) in [6.07, 6.45) is 11.0. The van der Waals surface area contributed by atoms with Crippen LogP contribution in [0.2, 0.25) is 0 Å². The average molecular weight is 176 g/mol. The van der Waals surface area contributed by atoms with E-state index in [2.05, 4.69) is 45.6 Å². The topological polar surface area (TPSA) is 0 Å². The van der Waals surface area contributed by atoms with E-state index in [4.69, 9.17) is 0 Å². The van der Waals surface area contributed by atoms with Crippen LogP contribution in [0, 0.1) is 11.3 Å². The van der Waals surface area contributed by atoms with Crippen LogP contribution < -0.4 is 0 Å². The Hall–Kier alpha value is -0.780. The van der Waals surface area contributed by atoms with Crippen LogP contribution in [0.5, 0.6) is 0 Å². The van der Waals surface area contributed by atoms with Gasteiger partial charge in [0.15, 0.2) is 0 Å². The molecule has 1 saturated carbocycles. The zero-order valence-corrected chi connectivity index (χ0v) is 9.01. The molecule has 0 aliphatic heterocycles. The minimum atomic E-state index is 0.473. The number of hydrogen-bond donors (Lipinski definition) is 0. The fourth-order valence-corrected chi connectivity index (χ4v) is 2.28. The van der Waals surface area contributed by atoms with Gasteiger partial charge in [0, 0.05) is 0 Å². The van der Waals surface area contributed by atoms with Crippen LogP contribution in [0.3, 0.4) is 0 Å². The Morgan fingerprint density at radius 3 is 2.54 bits per heavy atom. The lowest BCUT2D eigenvalue weighted by molar-refractivity contribution is 0.544. The van der Waals surface area contributed by atoms with Crippen LogP contribution in [-0.4, -0.2) is 0 Å². The lowest BCUT2D eigenvalue weighted by Crippen LogP contribution is -2.03. The van der Waals surface area contributed by atoms with Crippen LogP contribution in [0.4, 0.5) is 0 Å². The fourth-order valence-electron chi connectivity index (χ4n) is 2.28. The zero-order valence-electron chi connectivity index (χ0n) is 9.01. The molecule has 0 heterocycles. The first kappa shape index (κ1) is 10.3. The van der Waals surface area contributed by atoms with Gasteiger partial charge in [0.25, 0.3) is 0 Å². The molecule has 0 amide bonds. The highest BCUT2D eigenvalue weighted by Gasteiger charge is 2.50. The SMILES string of the molecule is C=C/C=C(\C=C/C)C1(CC)CC1C. The third kappa shape index (κ3) is 1.77. The van der Waals surface area contributed by atoms with Gasteiger partial charge in [-0.25, -0.2) is 0 Å². The van der Waals surface area contributed by atoms with Gasteiger partial charge in [0.05, 0.1) is 0 Å². The molecule has 1 fully saturated rings. The molecule has 1 aliphatic carbocycles. The van der Waals surface area contributed by atoms with E-state index in [0.29, 0.717) is 5.41 Å². The van der Waals surface area contributed by atoms with Gasteiger partial charge in [-0.1, -0.05) is 44.7 Å². The second-order valence-electron chi connectivity index (χ2n) is 3.97. The van der Waals surface area contributed by atoms with E-state index in [0.717, 1.165) is 5.92 Å². The van der Waals surface area contributed by atoms with Crippen LogP contribution in [0.25, 0.3) is 0 Å². The molecule has 13 heavy (non-hydrogen) atoms. The second kappa shape index (κ2) is 3.95. The largest absolute Gasteiger partial charge is 0.0991 e. The maximum Gasteiger partial charge on any atom is -0.00209 e. The monoisotopic (exact) mass is 176 g/mol. The summed E-state index contributed by atoms with van der Waals surface area (Å²) in [6.45, 7) is 10.5. The minimum Gasteiger partial charge on any atom is -0.0991 e. The molecule has 0 N–H and O–H groups in total. The first-order valence-electron chi connectivity index (χ1n) is 5.17. The molecule has 0 saturated heterocycles.